The van der Waals surface area contributed by atoms with Crippen LogP contribution in [0, 0.1) is 5.92 Å². The van der Waals surface area contributed by atoms with Crippen LogP contribution >= 0.6 is 11.3 Å². The van der Waals surface area contributed by atoms with E-state index in [4.69, 9.17) is 0 Å². The molecule has 1 fully saturated rings. The molecule has 0 spiro atoms. The highest BCUT2D eigenvalue weighted by atomic mass is 32.1. The van der Waals surface area contributed by atoms with E-state index in [-0.39, 0.29) is 11.8 Å². The number of carbonyl (C=O) groups excluding carboxylic acids is 2. The van der Waals surface area contributed by atoms with Gasteiger partial charge in [-0.25, -0.2) is 9.80 Å². The molecule has 6 nitrogen and oxygen atoms in total. The molecule has 3 aliphatic rings. The number of hydrogen-bond acceptors (Lipinski definition) is 4. The van der Waals surface area contributed by atoms with E-state index >= 15 is 0 Å². The van der Waals surface area contributed by atoms with Gasteiger partial charge in [-0.2, -0.15) is 10.0 Å². The molecular weight excluding hydrogens is 300 g/mol. The van der Waals surface area contributed by atoms with Crippen molar-refractivity contribution in [2.24, 2.45) is 10.9 Å². The van der Waals surface area contributed by atoms with Crippen LogP contribution in [0.25, 0.3) is 10.2 Å². The molecule has 2 aromatic heterocycles. The number of imide groups is 1. The molecule has 112 valence electrons. The number of hydrogen-bond donors (Lipinski definition) is 0. The van der Waals surface area contributed by atoms with Gasteiger partial charge in [0.1, 0.15) is 5.71 Å². The summed E-state index contributed by atoms with van der Waals surface area (Å²) >= 11 is 1.72. The van der Waals surface area contributed by atoms with Crippen molar-refractivity contribution >= 4 is 39.2 Å². The first-order chi connectivity index (χ1) is 10.7. The largest absolute Gasteiger partial charge is 0.365 e. The Bertz CT molecular complexity index is 845. The highest BCUT2D eigenvalue weighted by molar-refractivity contribution is 7.17. The third-order valence-electron chi connectivity index (χ3n) is 4.59. The average Bonchev–Trinajstić information content (AvgIpc) is 3.03. The number of aliphatic imine (C=N–C) groups is 1. The van der Waals surface area contributed by atoms with Crippen LogP contribution in [-0.2, 0) is 17.9 Å². The van der Waals surface area contributed by atoms with E-state index in [0.717, 1.165) is 25.1 Å². The average molecular weight is 314 g/mol. The lowest BCUT2D eigenvalue weighted by atomic mass is 10.2. The molecule has 1 saturated carbocycles. The molecule has 1 aliphatic carbocycles. The summed E-state index contributed by atoms with van der Waals surface area (Å²) in [5.74, 6) is -0.00485. The Morgan fingerprint density at radius 1 is 1.23 bits per heavy atom. The van der Waals surface area contributed by atoms with Gasteiger partial charge in [-0.15, -0.1) is 11.3 Å². The summed E-state index contributed by atoms with van der Waals surface area (Å²) in [5, 5.41) is 5.17. The Labute approximate surface area is 130 Å². The van der Waals surface area contributed by atoms with E-state index < -0.39 is 6.03 Å². The van der Waals surface area contributed by atoms with Gasteiger partial charge in [-0.1, -0.05) is 0 Å². The predicted molar refractivity (Wildman–Crippen MR) is 82.6 cm³/mol. The molecule has 3 amide bonds. The zero-order valence-electron chi connectivity index (χ0n) is 11.9. The maximum atomic E-state index is 12.5. The van der Waals surface area contributed by atoms with Gasteiger partial charge in [0.25, 0.3) is 5.91 Å². The first kappa shape index (κ1) is 12.5. The van der Waals surface area contributed by atoms with Crippen molar-refractivity contribution in [2.75, 3.05) is 6.54 Å². The molecule has 0 N–H and O–H groups in total. The summed E-state index contributed by atoms with van der Waals surface area (Å²) in [6.45, 7) is 2.01. The Hall–Kier alpha value is -1.99. The van der Waals surface area contributed by atoms with Crippen LogP contribution in [0.15, 0.2) is 22.5 Å². The van der Waals surface area contributed by atoms with Gasteiger partial charge in [0.15, 0.2) is 0 Å². The lowest BCUT2D eigenvalue weighted by molar-refractivity contribution is -0.134. The summed E-state index contributed by atoms with van der Waals surface area (Å²) in [6, 6.07) is 3.85. The van der Waals surface area contributed by atoms with Gasteiger partial charge in [-0.3, -0.25) is 4.79 Å². The molecule has 2 aromatic rings. The van der Waals surface area contributed by atoms with Crippen LogP contribution in [0.2, 0.25) is 0 Å². The van der Waals surface area contributed by atoms with Crippen molar-refractivity contribution in [1.82, 2.24) is 14.6 Å². The summed E-state index contributed by atoms with van der Waals surface area (Å²) in [4.78, 5) is 28.6. The molecule has 0 radical (unpaired) electrons. The predicted octanol–water partition coefficient (Wildman–Crippen LogP) is 2.25. The topological polar surface area (TPSA) is 57.9 Å². The Morgan fingerprint density at radius 2 is 2.09 bits per heavy atom. The van der Waals surface area contributed by atoms with Crippen LogP contribution in [0.5, 0.6) is 0 Å². The molecule has 0 aromatic carbocycles. The van der Waals surface area contributed by atoms with Crippen molar-refractivity contribution in [2.45, 2.75) is 25.9 Å². The minimum atomic E-state index is -0.422. The number of carbonyl (C=O) groups is 2. The van der Waals surface area contributed by atoms with Crippen molar-refractivity contribution < 1.29 is 9.59 Å². The van der Waals surface area contributed by atoms with Gasteiger partial charge < -0.3 is 4.57 Å². The number of thiophene rings is 1. The lowest BCUT2D eigenvalue weighted by Crippen LogP contribution is -2.50. The van der Waals surface area contributed by atoms with Gasteiger partial charge in [0.05, 0.1) is 16.8 Å². The highest BCUT2D eigenvalue weighted by Gasteiger charge is 2.44. The molecule has 0 saturated heterocycles. The number of hydrazine groups is 1. The molecule has 5 rings (SSSR count). The summed E-state index contributed by atoms with van der Waals surface area (Å²) in [6.07, 6.45) is 1.95. The molecule has 7 heteroatoms. The number of nitrogens with zero attached hydrogens (tertiary/aromatic N) is 4. The number of aromatic nitrogens is 1. The lowest BCUT2D eigenvalue weighted by Gasteiger charge is -2.33. The number of amides is 3. The number of fused-ring (bicyclic) bond motifs is 3. The Balaban J connectivity index is 1.45. The van der Waals surface area contributed by atoms with Crippen LogP contribution in [-0.4, -0.2) is 38.8 Å². The first-order valence-electron chi connectivity index (χ1n) is 7.50. The normalized spacial score (nSPS) is 22.5. The molecule has 4 heterocycles. The fraction of sp³-hybridized carbons (Fsp3) is 0.400. The van der Waals surface area contributed by atoms with Crippen LogP contribution in [0.1, 0.15) is 18.5 Å². The molecule has 0 unspecified atom stereocenters. The highest BCUT2D eigenvalue weighted by Crippen LogP contribution is 2.35. The molecule has 22 heavy (non-hydrogen) atoms. The van der Waals surface area contributed by atoms with Crippen molar-refractivity contribution in [1.29, 1.82) is 0 Å². The van der Waals surface area contributed by atoms with E-state index in [1.54, 1.807) is 11.3 Å². The Kier molecular flexibility index (Phi) is 2.43. The van der Waals surface area contributed by atoms with Gasteiger partial charge in [-0.05, 0) is 30.4 Å². The number of rotatable bonds is 2. The first-order valence-corrected chi connectivity index (χ1v) is 8.38. The fourth-order valence-electron chi connectivity index (χ4n) is 3.34. The fourth-order valence-corrected chi connectivity index (χ4v) is 4.19. The second-order valence-electron chi connectivity index (χ2n) is 6.02. The van der Waals surface area contributed by atoms with Crippen LogP contribution < -0.4 is 0 Å². The van der Waals surface area contributed by atoms with Gasteiger partial charge >= 0.3 is 6.03 Å². The smallest absolute Gasteiger partial charge is 0.341 e. The second-order valence-corrected chi connectivity index (χ2v) is 6.96. The molecule has 0 bridgehead atoms. The van der Waals surface area contributed by atoms with Crippen molar-refractivity contribution in [3.63, 3.8) is 0 Å². The standard InChI is InChI=1S/C15H14N4O2S/c20-14-13(9-1-2-9)16-15(21)19(14)17-4-5-18-10(8-17)7-12-11(18)3-6-22-12/h3,6-7,9H,1-2,4-5,8H2. The van der Waals surface area contributed by atoms with Crippen molar-refractivity contribution in [3.8, 4) is 0 Å². The van der Waals surface area contributed by atoms with E-state index in [9.17, 15) is 9.59 Å². The quantitative estimate of drug-likeness (QED) is 0.854. The summed E-state index contributed by atoms with van der Waals surface area (Å²) < 4.78 is 3.53. The zero-order chi connectivity index (χ0) is 14.8. The molecule has 2 aliphatic heterocycles. The monoisotopic (exact) mass is 314 g/mol. The molecule has 0 atom stereocenters. The summed E-state index contributed by atoms with van der Waals surface area (Å²) in [5.41, 5.74) is 2.86. The van der Waals surface area contributed by atoms with Crippen LogP contribution in [0.3, 0.4) is 0 Å². The van der Waals surface area contributed by atoms with E-state index in [1.807, 2.05) is 5.01 Å². The molecular formula is C15H14N4O2S. The third kappa shape index (κ3) is 1.66. The van der Waals surface area contributed by atoms with Gasteiger partial charge in [0, 0.05) is 24.7 Å². The second kappa shape index (κ2) is 4.27. The van der Waals surface area contributed by atoms with Crippen molar-refractivity contribution in [3.05, 3.63) is 23.2 Å². The minimum Gasteiger partial charge on any atom is -0.341 e. The maximum absolute atomic E-state index is 12.5. The number of urea groups is 1. The van der Waals surface area contributed by atoms with Crippen LogP contribution in [0.4, 0.5) is 4.79 Å². The van der Waals surface area contributed by atoms with Gasteiger partial charge in [0.2, 0.25) is 0 Å². The zero-order valence-corrected chi connectivity index (χ0v) is 12.7. The van der Waals surface area contributed by atoms with E-state index in [1.165, 1.54) is 15.2 Å². The summed E-state index contributed by atoms with van der Waals surface area (Å²) in [7, 11) is 0. The minimum absolute atomic E-state index is 0.209. The van der Waals surface area contributed by atoms with E-state index in [2.05, 4.69) is 27.1 Å². The van der Waals surface area contributed by atoms with E-state index in [0.29, 0.717) is 18.8 Å². The third-order valence-corrected chi connectivity index (χ3v) is 5.44. The maximum Gasteiger partial charge on any atom is 0.365 e. The Morgan fingerprint density at radius 3 is 2.91 bits per heavy atom. The SMILES string of the molecule is O=C1N=C(C2CC2)C(=O)N1N1CCn2c(cc3sccc32)C1.